The molecule has 0 spiro atoms. The number of hydrogen-bond acceptors (Lipinski definition) is 2. The zero-order valence-corrected chi connectivity index (χ0v) is 44.4. The van der Waals surface area contributed by atoms with Crippen molar-refractivity contribution in [3.8, 4) is 44.9 Å². The third-order valence-corrected chi connectivity index (χ3v) is 11.4. The molecule has 0 saturated carbocycles. The quantitative estimate of drug-likeness (QED) is 0.112. The summed E-state index contributed by atoms with van der Waals surface area (Å²) in [5, 5.41) is 5.15. The summed E-state index contributed by atoms with van der Waals surface area (Å²) in [7, 11) is 0. The van der Waals surface area contributed by atoms with Gasteiger partial charge < -0.3 is 23.7 Å². The Kier molecular flexibility index (Phi) is 20.5. The molecule has 2 aromatic heterocycles. The normalized spacial score (nSPS) is 10.8. The van der Waals surface area contributed by atoms with Crippen LogP contribution in [0.3, 0.4) is 0 Å². The van der Waals surface area contributed by atoms with E-state index in [4.69, 9.17) is 8.83 Å². The fourth-order valence-electron chi connectivity index (χ4n) is 7.99. The summed E-state index contributed by atoms with van der Waals surface area (Å²) in [6.45, 7) is 29.7. The van der Waals surface area contributed by atoms with Crippen LogP contribution < -0.4 is 0 Å². The van der Waals surface area contributed by atoms with E-state index in [1.165, 1.54) is 101 Å². The Balaban J connectivity index is 0.000000386. The summed E-state index contributed by atoms with van der Waals surface area (Å²) in [5.74, 6) is 5.83. The van der Waals surface area contributed by atoms with Crippen molar-refractivity contribution in [2.75, 3.05) is 0 Å². The van der Waals surface area contributed by atoms with Gasteiger partial charge >= 0.3 is 30.2 Å². The molecule has 8 rings (SSSR count). The molecule has 0 aliphatic rings. The van der Waals surface area contributed by atoms with Crippen molar-refractivity contribution in [1.82, 2.24) is 0 Å². The third kappa shape index (κ3) is 11.9. The summed E-state index contributed by atoms with van der Waals surface area (Å²) in [5.41, 5.74) is 15.9. The molecule has 62 heavy (non-hydrogen) atoms. The number of benzene rings is 4. The van der Waals surface area contributed by atoms with Crippen LogP contribution in [0.5, 0.6) is 0 Å². The molecule has 0 fully saturated rings. The molecule has 0 atom stereocenters. The van der Waals surface area contributed by atoms with Crippen LogP contribution in [-0.2, 0) is 23.3 Å². The molecule has 8 aromatic rings. The summed E-state index contributed by atoms with van der Waals surface area (Å²) in [4.78, 5) is 0. The van der Waals surface area contributed by atoms with Crippen LogP contribution in [-0.4, -0.2) is 6.88 Å². The summed E-state index contributed by atoms with van der Waals surface area (Å²) < 4.78 is 11.8. The second-order valence-corrected chi connectivity index (χ2v) is 17.2. The van der Waals surface area contributed by atoms with Crippen LogP contribution in [0.4, 0.5) is 0 Å². The van der Waals surface area contributed by atoms with E-state index in [2.05, 4.69) is 173 Å². The van der Waals surface area contributed by atoms with E-state index in [9.17, 15) is 0 Å². The fourth-order valence-corrected chi connectivity index (χ4v) is 7.99. The van der Waals surface area contributed by atoms with Crippen molar-refractivity contribution >= 4 is 53.2 Å². The van der Waals surface area contributed by atoms with Crippen molar-refractivity contribution < 1.29 is 32.2 Å². The minimum absolute atomic E-state index is 0. The fraction of sp³-hybridized carbons (Fsp3) is 0.286. The zero-order valence-electron chi connectivity index (χ0n) is 39.3. The molecule has 0 bridgehead atoms. The van der Waals surface area contributed by atoms with Gasteiger partial charge in [-0.1, -0.05) is 126 Å². The van der Waals surface area contributed by atoms with Crippen molar-refractivity contribution in [3.05, 3.63) is 169 Å². The topological polar surface area (TPSA) is 26.3 Å². The van der Waals surface area contributed by atoms with Crippen LogP contribution in [0, 0.1) is 42.5 Å². The molecule has 0 aliphatic carbocycles. The molecule has 2 heterocycles. The Bertz CT molecular complexity index is 2450. The standard InChI is InChI=1S/2C27H29O.2CH3.2ClH.Si.Zr/c2*1-16(2)21-12-22(17(3)4)14-24(13-21)27-18(5)7-9-20-11-23(15-25(20)27)26-10-8-19(6)28-26;;;;;;/h2*7-17H,1-6H3;2*1H3;2*1H;;/q4*-1;;;;. The Morgan fingerprint density at radius 3 is 1.00 bits per heavy atom. The molecule has 2 radical (unpaired) electrons. The third-order valence-electron chi connectivity index (χ3n) is 11.4. The van der Waals surface area contributed by atoms with Gasteiger partial charge in [0.05, 0.1) is 23.0 Å². The first-order chi connectivity index (χ1) is 27.7. The Labute approximate surface area is 403 Å². The Morgan fingerprint density at radius 2 is 0.742 bits per heavy atom. The molecule has 0 N–H and O–H groups in total. The first-order valence-electron chi connectivity index (χ1n) is 20.8. The van der Waals surface area contributed by atoms with Gasteiger partial charge in [-0.05, 0) is 120 Å². The van der Waals surface area contributed by atoms with Crippen LogP contribution in [0.2, 0.25) is 0 Å². The summed E-state index contributed by atoms with van der Waals surface area (Å²) >= 11 is 1.36. The first kappa shape index (κ1) is 54.5. The molecule has 0 saturated heterocycles. The van der Waals surface area contributed by atoms with E-state index in [1.807, 2.05) is 26.0 Å². The van der Waals surface area contributed by atoms with Gasteiger partial charge in [0.2, 0.25) is 0 Å². The number of halogens is 2. The Morgan fingerprint density at radius 1 is 0.435 bits per heavy atom. The molecule has 0 aliphatic heterocycles. The van der Waals surface area contributed by atoms with E-state index in [-0.39, 0.29) is 39.7 Å². The van der Waals surface area contributed by atoms with Crippen LogP contribution >= 0.6 is 24.8 Å². The maximum absolute atomic E-state index is 5.88. The molecule has 6 aromatic carbocycles. The van der Waals surface area contributed by atoms with E-state index in [0.29, 0.717) is 23.7 Å². The molecule has 6 heteroatoms. The van der Waals surface area contributed by atoms with E-state index in [1.54, 1.807) is 0 Å². The van der Waals surface area contributed by atoms with Crippen LogP contribution in [0.25, 0.3) is 66.4 Å². The average molecular weight is 961 g/mol. The van der Waals surface area contributed by atoms with Gasteiger partial charge in [-0.15, -0.1) is 82.8 Å². The second-order valence-electron chi connectivity index (χ2n) is 17.2. The molecular weight excluding hydrogens is 895 g/mol. The van der Waals surface area contributed by atoms with Gasteiger partial charge in [-0.3, -0.25) is 0 Å². The molecule has 0 amide bonds. The number of hydrogen-bond donors (Lipinski definition) is 0. The maximum atomic E-state index is 5.88. The average Bonchev–Trinajstić information content (AvgIpc) is 4.02. The second kappa shape index (κ2) is 23.3. The van der Waals surface area contributed by atoms with Crippen molar-refractivity contribution in [3.63, 3.8) is 0 Å². The van der Waals surface area contributed by atoms with Gasteiger partial charge in [-0.25, -0.2) is 0 Å². The molecule has 0 unspecified atom stereocenters. The number of aryl methyl sites for hydroxylation is 4. The minimum atomic E-state index is 0. The van der Waals surface area contributed by atoms with Crippen LogP contribution in [0.1, 0.15) is 124 Å². The van der Waals surface area contributed by atoms with Gasteiger partial charge in [0.1, 0.15) is 0 Å². The van der Waals surface area contributed by atoms with E-state index < -0.39 is 0 Å². The monoisotopic (exact) mass is 958 g/mol. The predicted octanol–water partition coefficient (Wildman–Crippen LogP) is 18.1. The number of furan rings is 2. The zero-order chi connectivity index (χ0) is 42.0. The van der Waals surface area contributed by atoms with Gasteiger partial charge in [0.25, 0.3) is 0 Å². The van der Waals surface area contributed by atoms with Crippen LogP contribution in [0.15, 0.2) is 118 Å². The number of rotatable bonds is 8. The van der Waals surface area contributed by atoms with E-state index in [0.717, 1.165) is 34.2 Å². The van der Waals surface area contributed by atoms with Crippen molar-refractivity contribution in [2.24, 2.45) is 0 Å². The van der Waals surface area contributed by atoms with Gasteiger partial charge in [-0.2, -0.15) is 0 Å². The molecule has 2 nitrogen and oxygen atoms in total. The summed E-state index contributed by atoms with van der Waals surface area (Å²) in [6.07, 6.45) is 0. The van der Waals surface area contributed by atoms with Gasteiger partial charge in [0, 0.05) is 0 Å². The Hall–Kier alpha value is -3.66. The summed E-state index contributed by atoms with van der Waals surface area (Å²) in [6, 6.07) is 40.4. The van der Waals surface area contributed by atoms with E-state index >= 15 is 0 Å². The number of fused-ring (bicyclic) bond motifs is 2. The first-order valence-corrected chi connectivity index (χ1v) is 24.9. The SMILES string of the molecule is Cc1ccc(-c2cc3c(-c4cc(C(C)C)cc(C(C)C)c4)c(C)ccc3[cH-]2)o1.Cc1ccc(-c2cc3c(-c4cc(C(C)C)cc(C(C)C)c4)c(C)ccc3[cH-]2)o1.Cl.Cl.[CH3-].[CH3-].[Si]=[Zr]. The predicted molar refractivity (Wildman–Crippen MR) is 274 cm³/mol. The van der Waals surface area contributed by atoms with Crippen molar-refractivity contribution in [2.45, 2.75) is 107 Å². The van der Waals surface area contributed by atoms with Crippen molar-refractivity contribution in [1.29, 1.82) is 0 Å². The van der Waals surface area contributed by atoms with Gasteiger partial charge in [0.15, 0.2) is 0 Å². The molecule has 328 valence electrons. The molecular formula is C56H66Cl2O2SiZr-4.